The number of benzene rings is 3. The number of rotatable bonds is 8. The number of nitrogens with one attached hydrogen (secondary N) is 1. The number of para-hydroxylation sites is 1. The summed E-state index contributed by atoms with van der Waals surface area (Å²) >= 11 is 3.55. The lowest BCUT2D eigenvalue weighted by molar-refractivity contribution is -0.127. The van der Waals surface area contributed by atoms with Gasteiger partial charge in [0, 0.05) is 28.8 Å². The quantitative estimate of drug-likeness (QED) is 0.297. The zero-order chi connectivity index (χ0) is 27.7. The van der Waals surface area contributed by atoms with E-state index in [2.05, 4.69) is 21.4 Å². The van der Waals surface area contributed by atoms with E-state index in [0.717, 1.165) is 38.3 Å². The van der Waals surface area contributed by atoms with E-state index in [-0.39, 0.29) is 25.0 Å². The third kappa shape index (κ3) is 5.36. The van der Waals surface area contributed by atoms with Crippen LogP contribution in [0.1, 0.15) is 24.5 Å². The van der Waals surface area contributed by atoms with Crippen molar-refractivity contribution in [3.8, 4) is 5.75 Å². The predicted octanol–water partition coefficient (Wildman–Crippen LogP) is 4.22. The van der Waals surface area contributed by atoms with Crippen LogP contribution >= 0.6 is 15.9 Å². The highest BCUT2D eigenvalue weighted by Crippen LogP contribution is 2.35. The van der Waals surface area contributed by atoms with Gasteiger partial charge in [0.05, 0.1) is 25.7 Å². The van der Waals surface area contributed by atoms with Crippen LogP contribution in [-0.2, 0) is 22.6 Å². The van der Waals surface area contributed by atoms with Crippen LogP contribution in [0.3, 0.4) is 0 Å². The van der Waals surface area contributed by atoms with E-state index in [1.165, 1.54) is 4.90 Å². The Hall–Kier alpha value is -3.47. The number of ether oxygens (including phenoxy) is 1. The molecular weight excluding hydrogens is 564 g/mol. The second-order valence-electron chi connectivity index (χ2n) is 10.0. The summed E-state index contributed by atoms with van der Waals surface area (Å²) in [5, 5.41) is 13.1. The van der Waals surface area contributed by atoms with E-state index in [4.69, 9.17) is 4.74 Å². The molecule has 0 saturated carbocycles. The summed E-state index contributed by atoms with van der Waals surface area (Å²) < 4.78 is 6.70. The second kappa shape index (κ2) is 11.3. The van der Waals surface area contributed by atoms with Crippen molar-refractivity contribution in [3.63, 3.8) is 0 Å². The van der Waals surface area contributed by atoms with Gasteiger partial charge in [0.1, 0.15) is 18.1 Å². The molecule has 2 amide bonds. The number of nitrogens with zero attached hydrogens (tertiary/aromatic N) is 3. The maximum atomic E-state index is 14.2. The number of hydrogen-bond donors (Lipinski definition) is 2. The van der Waals surface area contributed by atoms with Crippen molar-refractivity contribution >= 4 is 50.7 Å². The number of methoxy groups -OCH3 is 1. The van der Waals surface area contributed by atoms with Gasteiger partial charge in [-0.3, -0.25) is 4.79 Å². The molecule has 2 atom stereocenters. The molecule has 2 aliphatic rings. The van der Waals surface area contributed by atoms with Gasteiger partial charge in [0.2, 0.25) is 5.91 Å². The lowest BCUT2D eigenvalue weighted by Crippen LogP contribution is -2.68. The van der Waals surface area contributed by atoms with Crippen LogP contribution in [0.15, 0.2) is 59.1 Å². The van der Waals surface area contributed by atoms with E-state index >= 15 is 0 Å². The van der Waals surface area contributed by atoms with Gasteiger partial charge < -0.3 is 24.4 Å². The number of carbonyl (C=O) groups is 3. The Morgan fingerprint density at radius 2 is 2.00 bits per heavy atom. The van der Waals surface area contributed by atoms with Crippen LogP contribution in [0.4, 0.5) is 10.5 Å². The minimum absolute atomic E-state index is 0.117. The highest BCUT2D eigenvalue weighted by atomic mass is 79.9. The van der Waals surface area contributed by atoms with Crippen LogP contribution < -0.4 is 15.1 Å². The van der Waals surface area contributed by atoms with Crippen molar-refractivity contribution < 1.29 is 24.2 Å². The van der Waals surface area contributed by atoms with Gasteiger partial charge in [0.25, 0.3) is 0 Å². The molecule has 0 spiro atoms. The number of hydrazine groups is 1. The Morgan fingerprint density at radius 3 is 2.72 bits per heavy atom. The van der Waals surface area contributed by atoms with Gasteiger partial charge in [-0.1, -0.05) is 46.3 Å². The molecule has 0 bridgehead atoms. The molecule has 5 rings (SSSR count). The normalized spacial score (nSPS) is 18.5. The predicted molar refractivity (Wildman–Crippen MR) is 152 cm³/mol. The minimum atomic E-state index is -0.992. The molecule has 3 aromatic carbocycles. The average Bonchev–Trinajstić information content (AvgIpc) is 3.03. The Bertz CT molecular complexity index is 1410. The SMILES string of the molecule is COc1ccc2cc(Br)ccc2c1CN1C(=O)[C@@H](NN(C(C)C=O)C2CN(C(=O)O)C2)CCc2ccccc21. The maximum absolute atomic E-state index is 14.2. The van der Waals surface area contributed by atoms with E-state index in [1.54, 1.807) is 23.9 Å². The van der Waals surface area contributed by atoms with Crippen molar-refractivity contribution in [1.29, 1.82) is 0 Å². The molecule has 1 saturated heterocycles. The van der Waals surface area contributed by atoms with Gasteiger partial charge in [0.15, 0.2) is 0 Å². The molecule has 2 N–H and O–H groups in total. The van der Waals surface area contributed by atoms with Gasteiger partial charge in [-0.2, -0.15) is 0 Å². The third-order valence-corrected chi connectivity index (χ3v) is 8.10. The zero-order valence-electron chi connectivity index (χ0n) is 21.8. The number of hydrogen-bond acceptors (Lipinski definition) is 6. The molecule has 0 radical (unpaired) electrons. The summed E-state index contributed by atoms with van der Waals surface area (Å²) in [5.74, 6) is 0.580. The highest BCUT2D eigenvalue weighted by molar-refractivity contribution is 9.10. The second-order valence-corrected chi connectivity index (χ2v) is 10.9. The van der Waals surface area contributed by atoms with Crippen LogP contribution in [0.2, 0.25) is 0 Å². The molecule has 1 fully saturated rings. The molecule has 0 aromatic heterocycles. The van der Waals surface area contributed by atoms with Crippen LogP contribution in [0.5, 0.6) is 5.75 Å². The molecule has 0 aliphatic carbocycles. The first-order valence-corrected chi connectivity index (χ1v) is 13.7. The first-order chi connectivity index (χ1) is 18.8. The number of carboxylic acid groups (broad SMARTS) is 1. The van der Waals surface area contributed by atoms with Crippen molar-refractivity contribution in [2.75, 3.05) is 25.1 Å². The Labute approximate surface area is 235 Å². The summed E-state index contributed by atoms with van der Waals surface area (Å²) in [6.45, 7) is 2.59. The molecule has 1 unspecified atom stereocenters. The monoisotopic (exact) mass is 594 g/mol. The zero-order valence-corrected chi connectivity index (χ0v) is 23.4. The Balaban J connectivity index is 1.50. The van der Waals surface area contributed by atoms with Crippen molar-refractivity contribution in [2.24, 2.45) is 0 Å². The number of aryl methyl sites for hydroxylation is 1. The smallest absolute Gasteiger partial charge is 0.407 e. The van der Waals surface area contributed by atoms with Crippen molar-refractivity contribution in [2.45, 2.75) is 44.4 Å². The van der Waals surface area contributed by atoms with E-state index in [1.807, 2.05) is 54.6 Å². The molecule has 9 nitrogen and oxygen atoms in total. The van der Waals surface area contributed by atoms with Gasteiger partial charge in [-0.25, -0.2) is 15.2 Å². The number of anilines is 1. The standard InChI is InChI=1S/C29H31BrN4O5/c1-18(17-35)34(22-14-32(15-22)29(37)38)31-25-11-7-19-5-3-4-6-26(19)33(28(25)36)16-24-23-10-9-21(30)13-20(23)8-12-27(24)39-2/h3-6,8-10,12-13,17-18,22,25,31H,7,11,14-16H2,1-2H3,(H,37,38)/t18?,25-/m0/s1. The number of amides is 2. The lowest BCUT2D eigenvalue weighted by atomic mass is 10.0. The van der Waals surface area contributed by atoms with Crippen LogP contribution in [0.25, 0.3) is 10.8 Å². The lowest BCUT2D eigenvalue weighted by Gasteiger charge is -2.46. The molecule has 2 aliphatic heterocycles. The average molecular weight is 595 g/mol. The summed E-state index contributed by atoms with van der Waals surface area (Å²) in [7, 11) is 1.63. The van der Waals surface area contributed by atoms with E-state index < -0.39 is 18.2 Å². The third-order valence-electron chi connectivity index (χ3n) is 7.60. The first kappa shape index (κ1) is 27.1. The van der Waals surface area contributed by atoms with Crippen LogP contribution in [-0.4, -0.2) is 71.6 Å². The van der Waals surface area contributed by atoms with Crippen LogP contribution in [0, 0.1) is 0 Å². The minimum Gasteiger partial charge on any atom is -0.496 e. The molecule has 3 aromatic rings. The molecule has 10 heteroatoms. The summed E-state index contributed by atoms with van der Waals surface area (Å²) in [4.78, 5) is 40.4. The number of fused-ring (bicyclic) bond motifs is 2. The molecule has 2 heterocycles. The number of carbonyl (C=O) groups excluding carboxylic acids is 2. The van der Waals surface area contributed by atoms with Gasteiger partial charge >= 0.3 is 6.09 Å². The van der Waals surface area contributed by atoms with E-state index in [9.17, 15) is 19.5 Å². The van der Waals surface area contributed by atoms with Gasteiger partial charge in [-0.15, -0.1) is 0 Å². The number of aldehydes is 1. The topological polar surface area (TPSA) is 102 Å². The molecule has 39 heavy (non-hydrogen) atoms. The fourth-order valence-corrected chi connectivity index (χ4v) is 5.82. The van der Waals surface area contributed by atoms with Gasteiger partial charge in [-0.05, 0) is 60.4 Å². The Kier molecular flexibility index (Phi) is 7.88. The summed E-state index contributed by atoms with van der Waals surface area (Å²) in [6, 6.07) is 16.5. The maximum Gasteiger partial charge on any atom is 0.407 e. The number of halogens is 1. The summed E-state index contributed by atoms with van der Waals surface area (Å²) in [5.41, 5.74) is 6.15. The fourth-order valence-electron chi connectivity index (χ4n) is 5.44. The van der Waals surface area contributed by atoms with Crippen molar-refractivity contribution in [3.05, 3.63) is 70.2 Å². The first-order valence-electron chi connectivity index (χ1n) is 12.9. The molecule has 204 valence electrons. The fraction of sp³-hybridized carbons (Fsp3) is 0.345. The van der Waals surface area contributed by atoms with Crippen molar-refractivity contribution in [1.82, 2.24) is 15.3 Å². The largest absolute Gasteiger partial charge is 0.496 e. The van der Waals surface area contributed by atoms with E-state index in [0.29, 0.717) is 25.1 Å². The Morgan fingerprint density at radius 1 is 1.23 bits per heavy atom. The number of likely N-dealkylation sites (tertiary alicyclic amines) is 1. The highest BCUT2D eigenvalue weighted by Gasteiger charge is 2.40. The molecular formula is C29H31BrN4O5. The summed E-state index contributed by atoms with van der Waals surface area (Å²) in [6.07, 6.45) is 1.02.